The highest BCUT2D eigenvalue weighted by molar-refractivity contribution is 4.90. The minimum absolute atomic E-state index is 0.384. The van der Waals surface area contributed by atoms with Gasteiger partial charge in [-0.25, -0.2) is 13.2 Å². The summed E-state index contributed by atoms with van der Waals surface area (Å²) in [5.74, 6) is -1.36. The van der Waals surface area contributed by atoms with Gasteiger partial charge in [0.15, 0.2) is 12.0 Å². The van der Waals surface area contributed by atoms with Crippen LogP contribution in [0.5, 0.6) is 0 Å². The van der Waals surface area contributed by atoms with E-state index >= 15 is 0 Å². The summed E-state index contributed by atoms with van der Waals surface area (Å²) in [4.78, 5) is 0. The maximum Gasteiger partial charge on any atom is 0.162 e. The van der Waals surface area contributed by atoms with Crippen LogP contribution in [0.1, 0.15) is 6.92 Å². The first kappa shape index (κ1) is 6.53. The quantitative estimate of drug-likeness (QED) is 0.485. The Balaban J connectivity index is 3.56. The first-order chi connectivity index (χ1) is 3.18. The predicted molar refractivity (Wildman–Crippen MR) is 20.9 cm³/mol. The summed E-state index contributed by atoms with van der Waals surface area (Å²) in [5, 5.41) is 0. The second kappa shape index (κ2) is 2.66. The third kappa shape index (κ3) is 2.25. The fourth-order valence-corrected chi connectivity index (χ4v) is 0.0868. The number of alkyl halides is 1. The van der Waals surface area contributed by atoms with E-state index in [0.29, 0.717) is 0 Å². The first-order valence-corrected chi connectivity index (χ1v) is 1.78. The second-order valence-corrected chi connectivity index (χ2v) is 1.11. The molecular formula is C4H5F3. The van der Waals surface area contributed by atoms with Crippen LogP contribution < -0.4 is 0 Å². The van der Waals surface area contributed by atoms with E-state index in [0.717, 1.165) is 6.92 Å². The molecule has 0 bridgehead atoms. The van der Waals surface area contributed by atoms with Gasteiger partial charge in [0.1, 0.15) is 6.33 Å². The number of rotatable bonds is 1. The molecular weight excluding hydrogens is 105 g/mol. The van der Waals surface area contributed by atoms with E-state index in [9.17, 15) is 13.2 Å². The van der Waals surface area contributed by atoms with Gasteiger partial charge in [-0.2, -0.15) is 0 Å². The largest absolute Gasteiger partial charge is 0.240 e. The van der Waals surface area contributed by atoms with Crippen LogP contribution in [0.3, 0.4) is 0 Å². The topological polar surface area (TPSA) is 0 Å². The Bertz CT molecular complexity index is 75.0. The Kier molecular flexibility index (Phi) is 2.48. The van der Waals surface area contributed by atoms with Crippen molar-refractivity contribution in [3.8, 4) is 0 Å². The van der Waals surface area contributed by atoms with Crippen molar-refractivity contribution in [2.45, 2.75) is 13.1 Å². The highest BCUT2D eigenvalue weighted by atomic mass is 19.2. The third-order valence-electron chi connectivity index (χ3n) is 0.484. The molecule has 0 aliphatic carbocycles. The fraction of sp³-hybridized carbons (Fsp3) is 0.500. The molecule has 0 aliphatic heterocycles. The van der Waals surface area contributed by atoms with Crippen LogP contribution in [-0.4, -0.2) is 6.17 Å². The minimum atomic E-state index is -1.81. The van der Waals surface area contributed by atoms with Gasteiger partial charge in [-0.05, 0) is 6.92 Å². The molecule has 0 aromatic heterocycles. The molecule has 1 atom stereocenters. The summed E-state index contributed by atoms with van der Waals surface area (Å²) < 4.78 is 33.6. The maximum atomic E-state index is 11.4. The van der Waals surface area contributed by atoms with Gasteiger partial charge in [-0.1, -0.05) is 0 Å². The summed E-state index contributed by atoms with van der Waals surface area (Å²) in [6.07, 6.45) is -2.20. The van der Waals surface area contributed by atoms with Crippen molar-refractivity contribution in [2.75, 3.05) is 0 Å². The lowest BCUT2D eigenvalue weighted by Crippen LogP contribution is -1.89. The van der Waals surface area contributed by atoms with Crippen LogP contribution in [0.2, 0.25) is 0 Å². The molecule has 0 spiro atoms. The highest BCUT2D eigenvalue weighted by Gasteiger charge is 2.02. The molecule has 3 heteroatoms. The summed E-state index contributed by atoms with van der Waals surface area (Å²) in [6.45, 7) is 0.922. The van der Waals surface area contributed by atoms with Gasteiger partial charge in [-0.3, -0.25) is 0 Å². The van der Waals surface area contributed by atoms with Gasteiger partial charge >= 0.3 is 0 Å². The molecule has 0 heterocycles. The van der Waals surface area contributed by atoms with Gasteiger partial charge in [0, 0.05) is 0 Å². The second-order valence-electron chi connectivity index (χ2n) is 1.11. The molecule has 0 unspecified atom stereocenters. The monoisotopic (exact) mass is 110 g/mol. The Labute approximate surface area is 39.6 Å². The minimum Gasteiger partial charge on any atom is -0.240 e. The average molecular weight is 110 g/mol. The van der Waals surface area contributed by atoms with E-state index in [4.69, 9.17) is 0 Å². The zero-order valence-electron chi connectivity index (χ0n) is 3.79. The molecule has 0 aromatic carbocycles. The average Bonchev–Trinajstić information content (AvgIpc) is 1.65. The lowest BCUT2D eigenvalue weighted by Gasteiger charge is -1.89. The van der Waals surface area contributed by atoms with Crippen LogP contribution in [0.25, 0.3) is 0 Å². The molecule has 0 nitrogen and oxygen atoms in total. The molecule has 0 amide bonds. The van der Waals surface area contributed by atoms with E-state index in [2.05, 4.69) is 0 Å². The fourth-order valence-electron chi connectivity index (χ4n) is 0.0868. The predicted octanol–water partition coefficient (Wildman–Crippen LogP) is 2.12. The normalized spacial score (nSPS) is 16.9. The van der Waals surface area contributed by atoms with Crippen LogP contribution >= 0.6 is 0 Å². The highest BCUT2D eigenvalue weighted by Crippen LogP contribution is 2.05. The summed E-state index contributed by atoms with van der Waals surface area (Å²) >= 11 is 0. The number of hydrogen-bond acceptors (Lipinski definition) is 0. The summed E-state index contributed by atoms with van der Waals surface area (Å²) in [6, 6.07) is 0. The van der Waals surface area contributed by atoms with Crippen molar-refractivity contribution in [1.29, 1.82) is 0 Å². The lowest BCUT2D eigenvalue weighted by molar-refractivity contribution is 0.341. The molecule has 0 saturated heterocycles. The molecule has 0 aromatic rings. The molecule has 42 valence electrons. The number of halogens is 3. The van der Waals surface area contributed by atoms with E-state index in [1.807, 2.05) is 0 Å². The van der Waals surface area contributed by atoms with E-state index in [-0.39, 0.29) is 6.33 Å². The Morgan fingerprint density at radius 1 is 1.71 bits per heavy atom. The van der Waals surface area contributed by atoms with Gasteiger partial charge < -0.3 is 0 Å². The van der Waals surface area contributed by atoms with E-state index < -0.39 is 12.0 Å². The van der Waals surface area contributed by atoms with Crippen molar-refractivity contribution >= 4 is 0 Å². The van der Waals surface area contributed by atoms with Gasteiger partial charge in [0.05, 0.1) is 0 Å². The summed E-state index contributed by atoms with van der Waals surface area (Å²) in [7, 11) is 0. The SMILES string of the molecule is C[C@H](F)C(F)=CF. The molecule has 0 fully saturated rings. The van der Waals surface area contributed by atoms with Crippen molar-refractivity contribution in [2.24, 2.45) is 0 Å². The van der Waals surface area contributed by atoms with Gasteiger partial charge in [-0.15, -0.1) is 0 Å². The van der Waals surface area contributed by atoms with Crippen LogP contribution in [-0.2, 0) is 0 Å². The Morgan fingerprint density at radius 2 is 2.14 bits per heavy atom. The van der Waals surface area contributed by atoms with E-state index in [1.165, 1.54) is 0 Å². The van der Waals surface area contributed by atoms with Crippen LogP contribution in [0.15, 0.2) is 12.2 Å². The molecule has 0 radical (unpaired) electrons. The Hall–Kier alpha value is -0.470. The van der Waals surface area contributed by atoms with Crippen molar-refractivity contribution in [3.05, 3.63) is 12.2 Å². The molecule has 0 aliphatic rings. The smallest absolute Gasteiger partial charge is 0.162 e. The molecule has 7 heavy (non-hydrogen) atoms. The van der Waals surface area contributed by atoms with Crippen molar-refractivity contribution < 1.29 is 13.2 Å². The van der Waals surface area contributed by atoms with Crippen molar-refractivity contribution in [1.82, 2.24) is 0 Å². The van der Waals surface area contributed by atoms with Crippen LogP contribution in [0, 0.1) is 0 Å². The third-order valence-corrected chi connectivity index (χ3v) is 0.484. The van der Waals surface area contributed by atoms with Gasteiger partial charge in [0.25, 0.3) is 0 Å². The van der Waals surface area contributed by atoms with Gasteiger partial charge in [0.2, 0.25) is 0 Å². The standard InChI is InChI=1S/C4H5F3/c1-3(6)4(7)2-5/h2-3H,1H3/t3-/m0/s1. The molecule has 0 saturated carbocycles. The lowest BCUT2D eigenvalue weighted by atomic mass is 10.4. The zero-order chi connectivity index (χ0) is 5.86. The maximum absolute atomic E-state index is 11.4. The molecule has 0 rings (SSSR count). The first-order valence-electron chi connectivity index (χ1n) is 1.78. The van der Waals surface area contributed by atoms with Crippen molar-refractivity contribution in [3.63, 3.8) is 0 Å². The summed E-state index contributed by atoms with van der Waals surface area (Å²) in [5.41, 5.74) is 0. The Morgan fingerprint density at radius 3 is 2.14 bits per heavy atom. The number of allylic oxidation sites excluding steroid dienone is 1. The van der Waals surface area contributed by atoms with E-state index in [1.54, 1.807) is 0 Å². The number of hydrogen-bond donors (Lipinski definition) is 0. The zero-order valence-corrected chi connectivity index (χ0v) is 3.79. The van der Waals surface area contributed by atoms with Crippen LogP contribution in [0.4, 0.5) is 13.2 Å². The molecule has 0 N–H and O–H groups in total.